The quantitative estimate of drug-likeness (QED) is 0.565. The van der Waals surface area contributed by atoms with Crippen molar-refractivity contribution in [3.63, 3.8) is 0 Å². The number of rotatable bonds is 5. The highest BCUT2D eigenvalue weighted by molar-refractivity contribution is 7.90. The molecule has 0 aromatic carbocycles. The van der Waals surface area contributed by atoms with Gasteiger partial charge in [0.15, 0.2) is 5.25 Å². The molecule has 0 spiro atoms. The summed E-state index contributed by atoms with van der Waals surface area (Å²) in [4.78, 5) is 10.4. The Balaban J connectivity index is 4.75. The molecule has 0 aromatic heterocycles. The molecule has 7 heteroatoms. The second-order valence-electron chi connectivity index (χ2n) is 3.67. The zero-order valence-corrected chi connectivity index (χ0v) is 9.13. The first kappa shape index (κ1) is 13.3. The van der Waals surface area contributed by atoms with Gasteiger partial charge in [0.05, 0.1) is 12.1 Å². The molecule has 0 amide bonds. The van der Waals surface area contributed by atoms with Crippen LogP contribution in [0.4, 0.5) is 0 Å². The predicted octanol–water partition coefficient (Wildman–Crippen LogP) is -0.850. The highest BCUT2D eigenvalue weighted by Gasteiger charge is 2.32. The van der Waals surface area contributed by atoms with E-state index in [1.807, 2.05) is 0 Å². The highest BCUT2D eigenvalue weighted by Crippen LogP contribution is 2.07. The largest absolute Gasteiger partial charge is 0.480 e. The summed E-state index contributed by atoms with van der Waals surface area (Å²) in [7, 11) is -3.94. The van der Waals surface area contributed by atoms with Gasteiger partial charge in [-0.3, -0.25) is 4.79 Å². The number of carboxylic acids is 1. The molecule has 3 N–H and O–H groups in total. The van der Waals surface area contributed by atoms with Gasteiger partial charge < -0.3 is 10.2 Å². The third-order valence-electron chi connectivity index (χ3n) is 1.63. The van der Waals surface area contributed by atoms with Crippen LogP contribution in [0.3, 0.4) is 0 Å². The molecule has 1 atom stereocenters. The molecule has 0 aliphatic heterocycles. The number of sulfonamides is 1. The molecule has 0 saturated carbocycles. The minimum atomic E-state index is -3.94. The van der Waals surface area contributed by atoms with Gasteiger partial charge in [0, 0.05) is 0 Å². The minimum absolute atomic E-state index is 0.404. The van der Waals surface area contributed by atoms with Crippen molar-refractivity contribution in [1.29, 1.82) is 0 Å². The van der Waals surface area contributed by atoms with Crippen LogP contribution in [0.1, 0.15) is 20.8 Å². The molecule has 84 valence electrons. The van der Waals surface area contributed by atoms with Gasteiger partial charge in [0.2, 0.25) is 10.0 Å². The molecule has 0 bridgehead atoms. The Labute approximate surface area is 83.0 Å². The van der Waals surface area contributed by atoms with Crippen LogP contribution in [-0.4, -0.2) is 42.0 Å². The standard InChI is InChI=1S/C7H15NO5S/c1-5(6(10)11)14(12,13)8-7(2,3)4-9/h5,8-9H,4H2,1-3H3,(H,10,11). The summed E-state index contributed by atoms with van der Waals surface area (Å²) in [6.07, 6.45) is 0. The van der Waals surface area contributed by atoms with E-state index < -0.39 is 33.4 Å². The first-order chi connectivity index (χ1) is 6.12. The number of hydrogen-bond acceptors (Lipinski definition) is 4. The molecule has 0 aliphatic carbocycles. The van der Waals surface area contributed by atoms with Crippen molar-refractivity contribution in [1.82, 2.24) is 4.72 Å². The Morgan fingerprint density at radius 3 is 2.21 bits per heavy atom. The SMILES string of the molecule is CC(C(=O)O)S(=O)(=O)NC(C)(C)CO. The number of aliphatic hydroxyl groups is 1. The average molecular weight is 225 g/mol. The van der Waals surface area contributed by atoms with Crippen molar-refractivity contribution in [3.8, 4) is 0 Å². The maximum absolute atomic E-state index is 11.3. The van der Waals surface area contributed by atoms with Gasteiger partial charge in [0.25, 0.3) is 0 Å². The lowest BCUT2D eigenvalue weighted by atomic mass is 10.1. The second kappa shape index (κ2) is 4.24. The third kappa shape index (κ3) is 3.60. The Morgan fingerprint density at radius 1 is 1.50 bits per heavy atom. The van der Waals surface area contributed by atoms with Crippen LogP contribution in [-0.2, 0) is 14.8 Å². The summed E-state index contributed by atoms with van der Waals surface area (Å²) in [5.41, 5.74) is -1.05. The summed E-state index contributed by atoms with van der Waals surface area (Å²) >= 11 is 0. The Morgan fingerprint density at radius 2 is 1.93 bits per heavy atom. The molecule has 0 fully saturated rings. The van der Waals surface area contributed by atoms with Gasteiger partial charge in [-0.25, -0.2) is 13.1 Å². The van der Waals surface area contributed by atoms with Crippen molar-refractivity contribution >= 4 is 16.0 Å². The fourth-order valence-corrected chi connectivity index (χ4v) is 1.92. The van der Waals surface area contributed by atoms with E-state index in [0.29, 0.717) is 0 Å². The minimum Gasteiger partial charge on any atom is -0.480 e. The number of aliphatic hydroxyl groups excluding tert-OH is 1. The maximum atomic E-state index is 11.3. The zero-order chi connectivity index (χ0) is 11.6. The Hall–Kier alpha value is -0.660. The van der Waals surface area contributed by atoms with E-state index in [-0.39, 0.29) is 0 Å². The lowest BCUT2D eigenvalue weighted by Gasteiger charge is -2.24. The first-order valence-electron chi connectivity index (χ1n) is 3.99. The van der Waals surface area contributed by atoms with Crippen LogP contribution < -0.4 is 4.72 Å². The molecular weight excluding hydrogens is 210 g/mol. The van der Waals surface area contributed by atoms with E-state index in [4.69, 9.17) is 10.2 Å². The molecule has 0 aliphatic rings. The summed E-state index contributed by atoms with van der Waals surface area (Å²) in [6.45, 7) is 3.58. The van der Waals surface area contributed by atoms with Gasteiger partial charge in [0.1, 0.15) is 0 Å². The Bertz CT molecular complexity index is 308. The van der Waals surface area contributed by atoms with Crippen molar-refractivity contribution < 1.29 is 23.4 Å². The van der Waals surface area contributed by atoms with E-state index >= 15 is 0 Å². The highest BCUT2D eigenvalue weighted by atomic mass is 32.2. The van der Waals surface area contributed by atoms with Crippen molar-refractivity contribution in [2.24, 2.45) is 0 Å². The number of aliphatic carboxylic acids is 1. The summed E-state index contributed by atoms with van der Waals surface area (Å²) < 4.78 is 24.8. The van der Waals surface area contributed by atoms with Crippen LogP contribution in [0.5, 0.6) is 0 Å². The van der Waals surface area contributed by atoms with Crippen LogP contribution >= 0.6 is 0 Å². The Kier molecular flexibility index (Phi) is 4.04. The number of hydrogen-bond donors (Lipinski definition) is 3. The van der Waals surface area contributed by atoms with Gasteiger partial charge >= 0.3 is 5.97 Å². The van der Waals surface area contributed by atoms with Crippen LogP contribution in [0, 0.1) is 0 Å². The molecule has 6 nitrogen and oxygen atoms in total. The molecule has 0 radical (unpaired) electrons. The lowest BCUT2D eigenvalue weighted by molar-refractivity contribution is -0.136. The van der Waals surface area contributed by atoms with Gasteiger partial charge in [-0.15, -0.1) is 0 Å². The topological polar surface area (TPSA) is 104 Å². The summed E-state index contributed by atoms with van der Waals surface area (Å²) in [5.74, 6) is -1.42. The monoisotopic (exact) mass is 225 g/mol. The van der Waals surface area contributed by atoms with E-state index in [1.165, 1.54) is 13.8 Å². The lowest BCUT2D eigenvalue weighted by Crippen LogP contribution is -2.50. The molecule has 1 unspecified atom stereocenters. The van der Waals surface area contributed by atoms with Gasteiger partial charge in [-0.05, 0) is 20.8 Å². The third-order valence-corrected chi connectivity index (χ3v) is 3.60. The number of carbonyl (C=O) groups is 1. The van der Waals surface area contributed by atoms with Crippen LogP contribution in [0.2, 0.25) is 0 Å². The molecule has 0 heterocycles. The van der Waals surface area contributed by atoms with Gasteiger partial charge in [-0.2, -0.15) is 0 Å². The van der Waals surface area contributed by atoms with E-state index in [1.54, 1.807) is 0 Å². The normalized spacial score (nSPS) is 15.1. The fraction of sp³-hybridized carbons (Fsp3) is 0.857. The molecular formula is C7H15NO5S. The van der Waals surface area contributed by atoms with Crippen molar-refractivity contribution in [3.05, 3.63) is 0 Å². The summed E-state index contributed by atoms with van der Waals surface area (Å²) in [6, 6.07) is 0. The maximum Gasteiger partial charge on any atom is 0.323 e. The first-order valence-corrected chi connectivity index (χ1v) is 5.53. The number of carboxylic acid groups (broad SMARTS) is 1. The van der Waals surface area contributed by atoms with Crippen molar-refractivity contribution in [2.75, 3.05) is 6.61 Å². The number of nitrogens with one attached hydrogen (secondary N) is 1. The van der Waals surface area contributed by atoms with E-state index in [2.05, 4.69) is 4.72 Å². The van der Waals surface area contributed by atoms with Crippen molar-refractivity contribution in [2.45, 2.75) is 31.6 Å². The van der Waals surface area contributed by atoms with Gasteiger partial charge in [-0.1, -0.05) is 0 Å². The van der Waals surface area contributed by atoms with Crippen LogP contribution in [0.25, 0.3) is 0 Å². The molecule has 0 rings (SSSR count). The van der Waals surface area contributed by atoms with E-state index in [0.717, 1.165) is 6.92 Å². The average Bonchev–Trinajstić information content (AvgIpc) is 2.01. The molecule has 0 aromatic rings. The van der Waals surface area contributed by atoms with E-state index in [9.17, 15) is 13.2 Å². The molecule has 0 saturated heterocycles. The predicted molar refractivity (Wildman–Crippen MR) is 50.3 cm³/mol. The van der Waals surface area contributed by atoms with Crippen LogP contribution in [0.15, 0.2) is 0 Å². The fourth-order valence-electron chi connectivity index (χ4n) is 0.638. The zero-order valence-electron chi connectivity index (χ0n) is 8.31. The smallest absolute Gasteiger partial charge is 0.323 e. The summed E-state index contributed by atoms with van der Waals surface area (Å²) in [5, 5.41) is 15.8. The second-order valence-corrected chi connectivity index (χ2v) is 5.67. The molecule has 14 heavy (non-hydrogen) atoms.